The van der Waals surface area contributed by atoms with Crippen LogP contribution in [0.2, 0.25) is 0 Å². The van der Waals surface area contributed by atoms with E-state index in [2.05, 4.69) is 10.6 Å². The summed E-state index contributed by atoms with van der Waals surface area (Å²) in [4.78, 5) is 65.5. The van der Waals surface area contributed by atoms with Crippen molar-refractivity contribution in [3.8, 4) is 16.5 Å². The Kier molecular flexibility index (Phi) is 10.5. The molecule has 3 N–H and O–H groups in total. The van der Waals surface area contributed by atoms with Gasteiger partial charge in [-0.15, -0.1) is 11.3 Å². The number of allylic oxidation sites excluding steroid dienone is 1. The summed E-state index contributed by atoms with van der Waals surface area (Å²) in [7, 11) is 0. The number of hydrogen-bond acceptors (Lipinski definition) is 9. The Bertz CT molecular complexity index is 1850. The van der Waals surface area contributed by atoms with E-state index in [9.17, 15) is 33.1 Å². The van der Waals surface area contributed by atoms with E-state index in [1.807, 2.05) is 35.7 Å². The number of carboxylic acids is 1. The van der Waals surface area contributed by atoms with Gasteiger partial charge in [0, 0.05) is 25.2 Å². The average molecular weight is 740 g/mol. The average Bonchev–Trinajstić information content (AvgIpc) is 3.38. The molecule has 15 heteroatoms. The molecule has 0 spiro atoms. The summed E-state index contributed by atoms with van der Waals surface area (Å²) in [6.07, 6.45) is 0.975. The highest BCUT2D eigenvalue weighted by molar-refractivity contribution is 7.13. The second-order valence-corrected chi connectivity index (χ2v) is 15.6. The fraction of sp³-hybridized carbons (Fsp3) is 0.514. The lowest BCUT2D eigenvalue weighted by Crippen LogP contribution is -2.56. The molecule has 5 atom stereocenters. The number of carbonyl (C=O) groups excluding carboxylic acids is 3. The molecule has 3 aliphatic rings. The number of aromatic nitrogens is 2. The molecule has 3 unspecified atom stereocenters. The van der Waals surface area contributed by atoms with Crippen LogP contribution >= 0.6 is 11.3 Å². The van der Waals surface area contributed by atoms with E-state index in [-0.39, 0.29) is 50.9 Å². The SMILES string of the molecule is CC(C)(C)OC(=O)N[C@@H]1CCCCC(F)(F)CC/C=C\C2CC2(C(=O)O)NC(=O)C2C[C@@H](Oc3nc4ccccc4nc3-c3cccs3)CN2C1=O. The molecule has 1 aliphatic carbocycles. The number of nitrogens with zero attached hydrogens (tertiary/aromatic N) is 3. The minimum Gasteiger partial charge on any atom is -0.479 e. The molecule has 0 bridgehead atoms. The van der Waals surface area contributed by atoms with Gasteiger partial charge in [0.2, 0.25) is 23.6 Å². The number of fused-ring (bicyclic) bond motifs is 3. The first-order valence-electron chi connectivity index (χ1n) is 17.5. The zero-order valence-electron chi connectivity index (χ0n) is 29.3. The number of halogens is 2. The molecule has 12 nitrogen and oxygen atoms in total. The molecule has 278 valence electrons. The number of alkyl halides is 2. The number of hydrogen-bond donors (Lipinski definition) is 3. The molecule has 1 aromatic carbocycles. The van der Waals surface area contributed by atoms with Gasteiger partial charge in [0.1, 0.15) is 35.0 Å². The number of aliphatic carboxylic acids is 1. The molecule has 3 amide bonds. The Morgan fingerprint density at radius 2 is 1.83 bits per heavy atom. The molecule has 1 saturated carbocycles. The van der Waals surface area contributed by atoms with Crippen molar-refractivity contribution in [1.29, 1.82) is 0 Å². The van der Waals surface area contributed by atoms with Crippen LogP contribution in [0.1, 0.15) is 72.1 Å². The largest absolute Gasteiger partial charge is 0.479 e. The molecule has 3 aromatic rings. The van der Waals surface area contributed by atoms with Gasteiger partial charge >= 0.3 is 12.1 Å². The molecule has 2 aliphatic heterocycles. The van der Waals surface area contributed by atoms with Crippen molar-refractivity contribution in [3.05, 3.63) is 53.9 Å². The number of para-hydroxylation sites is 2. The Balaban J connectivity index is 1.33. The van der Waals surface area contributed by atoms with Crippen LogP contribution < -0.4 is 15.4 Å². The van der Waals surface area contributed by atoms with E-state index in [4.69, 9.17) is 19.4 Å². The summed E-state index contributed by atoms with van der Waals surface area (Å²) in [5.41, 5.74) is -0.821. The fourth-order valence-corrected chi connectivity index (χ4v) is 7.46. The van der Waals surface area contributed by atoms with Crippen LogP contribution in [0.4, 0.5) is 13.6 Å². The highest BCUT2D eigenvalue weighted by Crippen LogP contribution is 2.46. The Morgan fingerprint density at radius 3 is 2.52 bits per heavy atom. The molecule has 2 aromatic heterocycles. The zero-order valence-corrected chi connectivity index (χ0v) is 30.1. The predicted molar refractivity (Wildman–Crippen MR) is 189 cm³/mol. The van der Waals surface area contributed by atoms with Crippen LogP contribution in [0.5, 0.6) is 5.88 Å². The van der Waals surface area contributed by atoms with Gasteiger partial charge in [-0.2, -0.15) is 0 Å². The van der Waals surface area contributed by atoms with E-state index < -0.39 is 77.9 Å². The fourth-order valence-electron chi connectivity index (χ4n) is 6.76. The van der Waals surface area contributed by atoms with Gasteiger partial charge in [0.05, 0.1) is 22.5 Å². The predicted octanol–water partition coefficient (Wildman–Crippen LogP) is 6.11. The third-order valence-corrected chi connectivity index (χ3v) is 10.4. The van der Waals surface area contributed by atoms with E-state index in [1.165, 1.54) is 16.2 Å². The van der Waals surface area contributed by atoms with Gasteiger partial charge < -0.3 is 30.1 Å². The van der Waals surface area contributed by atoms with Crippen LogP contribution in [0.25, 0.3) is 21.6 Å². The van der Waals surface area contributed by atoms with Crippen LogP contribution in [0, 0.1) is 5.92 Å². The number of benzene rings is 1. The standard InChI is InChI=1S/C37H43F2N5O7S/c1-35(2,3)51-34(49)42-26-14-7-9-17-36(38,39)16-8-6-11-22-20-37(22,33(47)48)43-30(45)27-19-23(21-44(27)32(26)46)50-31-29(28-15-10-18-52-28)40-24-12-4-5-13-25(24)41-31/h4-6,10-13,15,18,22-23,26-27H,7-9,14,16-17,19-21H2,1-3H3,(H,42,49)(H,43,45)(H,47,48)/b11-6-/t22?,23-,26-,27?,37?/m1/s1. The maximum atomic E-state index is 14.7. The monoisotopic (exact) mass is 739 g/mol. The first kappa shape index (κ1) is 37.1. The topological polar surface area (TPSA) is 160 Å². The number of thiophene rings is 1. The van der Waals surface area contributed by atoms with Crippen molar-refractivity contribution in [2.75, 3.05) is 6.54 Å². The lowest BCUT2D eigenvalue weighted by molar-refractivity contribution is -0.145. The summed E-state index contributed by atoms with van der Waals surface area (Å²) in [5, 5.41) is 17.4. The highest BCUT2D eigenvalue weighted by Gasteiger charge is 2.61. The number of carboxylic acid groups (broad SMARTS) is 1. The minimum atomic E-state index is -2.98. The molecule has 52 heavy (non-hydrogen) atoms. The number of nitrogens with one attached hydrogen (secondary N) is 2. The highest BCUT2D eigenvalue weighted by atomic mass is 32.1. The lowest BCUT2D eigenvalue weighted by Gasteiger charge is -2.30. The molecular formula is C37H43F2N5O7S. The molecule has 2 fully saturated rings. The van der Waals surface area contributed by atoms with Gasteiger partial charge in [-0.05, 0) is 70.0 Å². The van der Waals surface area contributed by atoms with Crippen molar-refractivity contribution in [1.82, 2.24) is 25.5 Å². The summed E-state index contributed by atoms with van der Waals surface area (Å²) in [6.45, 7) is 4.89. The smallest absolute Gasteiger partial charge is 0.408 e. The summed E-state index contributed by atoms with van der Waals surface area (Å²) < 4.78 is 41.4. The number of amides is 3. The Hall–Kier alpha value is -4.66. The Morgan fingerprint density at radius 1 is 1.08 bits per heavy atom. The maximum Gasteiger partial charge on any atom is 0.408 e. The normalized spacial score (nSPS) is 27.4. The van der Waals surface area contributed by atoms with E-state index in [0.717, 1.165) is 4.88 Å². The van der Waals surface area contributed by atoms with E-state index in [0.29, 0.717) is 16.7 Å². The van der Waals surface area contributed by atoms with Gasteiger partial charge in [0.15, 0.2) is 0 Å². The number of ether oxygens (including phenoxy) is 2. The second-order valence-electron chi connectivity index (χ2n) is 14.7. The summed E-state index contributed by atoms with van der Waals surface area (Å²) in [6, 6.07) is 8.65. The Labute approximate surface area is 304 Å². The quantitative estimate of drug-likeness (QED) is 0.263. The second kappa shape index (κ2) is 14.8. The van der Waals surface area contributed by atoms with Gasteiger partial charge in [-0.3, -0.25) is 9.59 Å². The molecular weight excluding hydrogens is 696 g/mol. The summed E-state index contributed by atoms with van der Waals surface area (Å²) in [5.74, 6) is -6.00. The van der Waals surface area contributed by atoms with Crippen molar-refractivity contribution in [2.45, 2.75) is 107 Å². The van der Waals surface area contributed by atoms with Crippen molar-refractivity contribution in [3.63, 3.8) is 0 Å². The molecule has 4 heterocycles. The van der Waals surface area contributed by atoms with Crippen LogP contribution in [-0.4, -0.2) is 85.6 Å². The zero-order chi connectivity index (χ0) is 37.3. The third kappa shape index (κ3) is 8.51. The van der Waals surface area contributed by atoms with Crippen molar-refractivity contribution >= 4 is 46.2 Å². The first-order chi connectivity index (χ1) is 24.6. The lowest BCUT2D eigenvalue weighted by atomic mass is 10.0. The van der Waals surface area contributed by atoms with Gasteiger partial charge in [-0.25, -0.2) is 28.3 Å². The van der Waals surface area contributed by atoms with Gasteiger partial charge in [-0.1, -0.05) is 36.8 Å². The van der Waals surface area contributed by atoms with Gasteiger partial charge in [0.25, 0.3) is 0 Å². The van der Waals surface area contributed by atoms with Crippen molar-refractivity contribution in [2.24, 2.45) is 5.92 Å². The van der Waals surface area contributed by atoms with Crippen LogP contribution in [0.3, 0.4) is 0 Å². The number of carbonyl (C=O) groups is 4. The van der Waals surface area contributed by atoms with Crippen LogP contribution in [0.15, 0.2) is 53.9 Å². The number of alkyl carbamates (subject to hydrolysis) is 1. The van der Waals surface area contributed by atoms with Crippen LogP contribution in [-0.2, 0) is 19.1 Å². The van der Waals surface area contributed by atoms with Crippen molar-refractivity contribution < 1.29 is 42.5 Å². The van der Waals surface area contributed by atoms with E-state index in [1.54, 1.807) is 39.0 Å². The molecule has 6 rings (SSSR count). The third-order valence-electron chi connectivity index (χ3n) is 9.48. The maximum absolute atomic E-state index is 14.7. The first-order valence-corrected chi connectivity index (χ1v) is 18.4. The summed E-state index contributed by atoms with van der Waals surface area (Å²) >= 11 is 1.44. The minimum absolute atomic E-state index is 0.00420. The molecule has 0 radical (unpaired) electrons. The number of rotatable bonds is 5. The van der Waals surface area contributed by atoms with E-state index >= 15 is 0 Å². The molecule has 1 saturated heterocycles.